The van der Waals surface area contributed by atoms with Gasteiger partial charge in [-0.25, -0.2) is 4.39 Å². The Morgan fingerprint density at radius 3 is 2.56 bits per heavy atom. The van der Waals surface area contributed by atoms with Gasteiger partial charge in [0.05, 0.1) is 0 Å². The third kappa shape index (κ3) is 3.90. The molecule has 1 unspecified atom stereocenters. The molecular formula is C21H23BrFNO. The maximum Gasteiger partial charge on any atom is 0.123 e. The Balaban J connectivity index is 1.30. The molecule has 4 rings (SSSR count). The SMILES string of the molecule is Fc1ccc(OC2CCN(CC3CCc4c(Br)cccc43)CC2)cc1. The number of nitrogens with zero attached hydrogens (tertiary/aromatic N) is 1. The smallest absolute Gasteiger partial charge is 0.123 e. The zero-order chi connectivity index (χ0) is 17.2. The molecule has 1 atom stereocenters. The number of hydrogen-bond acceptors (Lipinski definition) is 2. The highest BCUT2D eigenvalue weighted by molar-refractivity contribution is 9.10. The molecule has 1 aliphatic heterocycles. The van der Waals surface area contributed by atoms with Gasteiger partial charge in [0.25, 0.3) is 0 Å². The van der Waals surface area contributed by atoms with E-state index in [9.17, 15) is 4.39 Å². The first-order valence-corrected chi connectivity index (χ1v) is 9.90. The standard InChI is InChI=1S/C21H23BrFNO/c22-21-3-1-2-19-15(4-9-20(19)21)14-24-12-10-18(11-13-24)25-17-7-5-16(23)6-8-17/h1-3,5-8,15,18H,4,9-14H2. The van der Waals surface area contributed by atoms with Crippen LogP contribution in [0.1, 0.15) is 36.3 Å². The number of likely N-dealkylation sites (tertiary alicyclic amines) is 1. The van der Waals surface area contributed by atoms with Crippen molar-refractivity contribution in [1.29, 1.82) is 0 Å². The van der Waals surface area contributed by atoms with Gasteiger partial charge >= 0.3 is 0 Å². The highest BCUT2D eigenvalue weighted by Gasteiger charge is 2.28. The quantitative estimate of drug-likeness (QED) is 0.698. The molecular weight excluding hydrogens is 381 g/mol. The first-order valence-electron chi connectivity index (χ1n) is 9.11. The van der Waals surface area contributed by atoms with Gasteiger partial charge in [-0.2, -0.15) is 0 Å². The highest BCUT2D eigenvalue weighted by atomic mass is 79.9. The summed E-state index contributed by atoms with van der Waals surface area (Å²) in [5.41, 5.74) is 3.03. The van der Waals surface area contributed by atoms with Crippen LogP contribution in [0.2, 0.25) is 0 Å². The van der Waals surface area contributed by atoms with Crippen LogP contribution in [0.5, 0.6) is 5.75 Å². The number of benzene rings is 2. The zero-order valence-corrected chi connectivity index (χ0v) is 15.8. The molecule has 0 N–H and O–H groups in total. The van der Waals surface area contributed by atoms with Gasteiger partial charge in [0.2, 0.25) is 0 Å². The molecule has 1 heterocycles. The molecule has 2 aromatic carbocycles. The predicted molar refractivity (Wildman–Crippen MR) is 102 cm³/mol. The summed E-state index contributed by atoms with van der Waals surface area (Å²) in [7, 11) is 0. The van der Waals surface area contributed by atoms with Crippen molar-refractivity contribution in [2.45, 2.75) is 37.7 Å². The minimum atomic E-state index is -0.217. The fourth-order valence-electron chi connectivity index (χ4n) is 4.11. The van der Waals surface area contributed by atoms with Gasteiger partial charge in [-0.3, -0.25) is 0 Å². The van der Waals surface area contributed by atoms with E-state index in [1.54, 1.807) is 12.1 Å². The van der Waals surface area contributed by atoms with E-state index in [1.807, 2.05) is 0 Å². The molecule has 0 aromatic heterocycles. The van der Waals surface area contributed by atoms with Crippen molar-refractivity contribution in [1.82, 2.24) is 4.90 Å². The molecule has 132 valence electrons. The van der Waals surface area contributed by atoms with Gasteiger partial charge in [-0.1, -0.05) is 28.1 Å². The fraction of sp³-hybridized carbons (Fsp3) is 0.429. The van der Waals surface area contributed by atoms with Gasteiger partial charge < -0.3 is 9.64 Å². The van der Waals surface area contributed by atoms with Crippen LogP contribution in [0.25, 0.3) is 0 Å². The van der Waals surface area contributed by atoms with Crippen molar-refractivity contribution in [3.8, 4) is 5.75 Å². The fourth-order valence-corrected chi connectivity index (χ4v) is 4.69. The summed E-state index contributed by atoms with van der Waals surface area (Å²) in [6, 6.07) is 13.0. The lowest BCUT2D eigenvalue weighted by atomic mass is 9.99. The van der Waals surface area contributed by atoms with E-state index >= 15 is 0 Å². The van der Waals surface area contributed by atoms with E-state index in [1.165, 1.54) is 40.6 Å². The van der Waals surface area contributed by atoms with Crippen LogP contribution in [0, 0.1) is 5.82 Å². The largest absolute Gasteiger partial charge is 0.490 e. The Morgan fingerprint density at radius 2 is 1.80 bits per heavy atom. The molecule has 0 spiro atoms. The van der Waals surface area contributed by atoms with Crippen molar-refractivity contribution in [3.63, 3.8) is 0 Å². The summed E-state index contributed by atoms with van der Waals surface area (Å²) in [6.45, 7) is 3.30. The Labute approximate surface area is 157 Å². The number of rotatable bonds is 4. The van der Waals surface area contributed by atoms with Crippen LogP contribution in [-0.4, -0.2) is 30.6 Å². The van der Waals surface area contributed by atoms with Crippen LogP contribution in [0.3, 0.4) is 0 Å². The first-order chi connectivity index (χ1) is 12.2. The second-order valence-electron chi connectivity index (χ2n) is 7.11. The van der Waals surface area contributed by atoms with Crippen LogP contribution >= 0.6 is 15.9 Å². The minimum Gasteiger partial charge on any atom is -0.490 e. The predicted octanol–water partition coefficient (Wildman–Crippen LogP) is 5.16. The monoisotopic (exact) mass is 403 g/mol. The van der Waals surface area contributed by atoms with E-state index in [0.717, 1.165) is 38.2 Å². The second-order valence-corrected chi connectivity index (χ2v) is 7.97. The maximum absolute atomic E-state index is 13.0. The van der Waals surface area contributed by atoms with Gasteiger partial charge in [-0.15, -0.1) is 0 Å². The van der Waals surface area contributed by atoms with Crippen LogP contribution in [-0.2, 0) is 6.42 Å². The normalized spacial score (nSPS) is 21.3. The Hall–Kier alpha value is -1.39. The topological polar surface area (TPSA) is 12.5 Å². The molecule has 0 bridgehead atoms. The molecule has 1 fully saturated rings. The molecule has 2 aliphatic rings. The van der Waals surface area contributed by atoms with Crippen molar-refractivity contribution in [2.75, 3.05) is 19.6 Å². The van der Waals surface area contributed by atoms with E-state index in [-0.39, 0.29) is 11.9 Å². The summed E-state index contributed by atoms with van der Waals surface area (Å²) >= 11 is 3.69. The summed E-state index contributed by atoms with van der Waals surface area (Å²) in [4.78, 5) is 2.57. The van der Waals surface area contributed by atoms with Crippen LogP contribution < -0.4 is 4.74 Å². The number of halogens is 2. The molecule has 4 heteroatoms. The number of piperidine rings is 1. The van der Waals surface area contributed by atoms with E-state index in [2.05, 4.69) is 39.0 Å². The third-order valence-electron chi connectivity index (χ3n) is 5.47. The van der Waals surface area contributed by atoms with Crippen molar-refractivity contribution in [3.05, 3.63) is 63.9 Å². The summed E-state index contributed by atoms with van der Waals surface area (Å²) in [6.07, 6.45) is 4.76. The molecule has 2 nitrogen and oxygen atoms in total. The zero-order valence-electron chi connectivity index (χ0n) is 14.3. The lowest BCUT2D eigenvalue weighted by molar-refractivity contribution is 0.0969. The van der Waals surface area contributed by atoms with Crippen molar-refractivity contribution < 1.29 is 9.13 Å². The molecule has 1 saturated heterocycles. The van der Waals surface area contributed by atoms with Gasteiger partial charge in [0.15, 0.2) is 0 Å². The van der Waals surface area contributed by atoms with Gasteiger partial charge in [0.1, 0.15) is 17.7 Å². The lowest BCUT2D eigenvalue weighted by Gasteiger charge is -2.33. The van der Waals surface area contributed by atoms with Gasteiger partial charge in [0, 0.05) is 24.1 Å². The van der Waals surface area contributed by atoms with E-state index in [0.29, 0.717) is 5.92 Å². The van der Waals surface area contributed by atoms with Crippen LogP contribution in [0.15, 0.2) is 46.9 Å². The van der Waals surface area contributed by atoms with Crippen LogP contribution in [0.4, 0.5) is 4.39 Å². The third-order valence-corrected chi connectivity index (χ3v) is 6.21. The molecule has 0 amide bonds. The van der Waals surface area contributed by atoms with Gasteiger partial charge in [-0.05, 0) is 73.1 Å². The molecule has 2 aromatic rings. The van der Waals surface area contributed by atoms with Crippen molar-refractivity contribution >= 4 is 15.9 Å². The number of ether oxygens (including phenoxy) is 1. The lowest BCUT2D eigenvalue weighted by Crippen LogP contribution is -2.40. The average Bonchev–Trinajstić information content (AvgIpc) is 3.03. The van der Waals surface area contributed by atoms with E-state index in [4.69, 9.17) is 4.74 Å². The molecule has 1 aliphatic carbocycles. The molecule has 0 radical (unpaired) electrons. The number of hydrogen-bond donors (Lipinski definition) is 0. The Morgan fingerprint density at radius 1 is 1.04 bits per heavy atom. The van der Waals surface area contributed by atoms with E-state index < -0.39 is 0 Å². The first kappa shape index (κ1) is 17.0. The highest BCUT2D eigenvalue weighted by Crippen LogP contribution is 2.38. The summed E-state index contributed by atoms with van der Waals surface area (Å²) < 4.78 is 20.2. The summed E-state index contributed by atoms with van der Waals surface area (Å²) in [5, 5.41) is 0. The summed E-state index contributed by atoms with van der Waals surface area (Å²) in [5.74, 6) is 1.21. The molecule has 0 saturated carbocycles. The minimum absolute atomic E-state index is 0.217. The Bertz CT molecular complexity index is 725. The maximum atomic E-state index is 13.0. The molecule has 25 heavy (non-hydrogen) atoms. The second kappa shape index (κ2) is 7.46. The number of fused-ring (bicyclic) bond motifs is 1. The van der Waals surface area contributed by atoms with Crippen molar-refractivity contribution in [2.24, 2.45) is 0 Å². The average molecular weight is 404 g/mol. The Kier molecular flexibility index (Phi) is 5.09.